The summed E-state index contributed by atoms with van der Waals surface area (Å²) in [6.07, 6.45) is 1.45. The lowest BCUT2D eigenvalue weighted by Gasteiger charge is -2.10. The van der Waals surface area contributed by atoms with Gasteiger partial charge in [0.15, 0.2) is 17.4 Å². The Kier molecular flexibility index (Phi) is 4.69. The SMILES string of the molecule is COc1cnc(-c2ccc(N)c([N+](=O)[O-])c2)nc1NCCO. The Balaban J connectivity index is 2.44. The summed E-state index contributed by atoms with van der Waals surface area (Å²) in [6, 6.07) is 4.34. The average Bonchev–Trinajstić information content (AvgIpc) is 2.52. The third kappa shape index (κ3) is 3.20. The molecule has 0 radical (unpaired) electrons. The van der Waals surface area contributed by atoms with Crippen molar-refractivity contribution in [3.05, 3.63) is 34.5 Å². The van der Waals surface area contributed by atoms with E-state index in [9.17, 15) is 10.1 Å². The zero-order valence-corrected chi connectivity index (χ0v) is 11.8. The van der Waals surface area contributed by atoms with Gasteiger partial charge in [0.05, 0.1) is 24.8 Å². The van der Waals surface area contributed by atoms with Crippen molar-refractivity contribution in [2.75, 3.05) is 31.3 Å². The Morgan fingerprint density at radius 3 is 2.91 bits per heavy atom. The molecule has 0 spiro atoms. The van der Waals surface area contributed by atoms with E-state index in [0.717, 1.165) is 0 Å². The molecule has 0 amide bonds. The summed E-state index contributed by atoms with van der Waals surface area (Å²) in [6.45, 7) is 0.213. The molecule has 1 heterocycles. The Hall–Kier alpha value is -2.94. The fourth-order valence-electron chi connectivity index (χ4n) is 1.80. The monoisotopic (exact) mass is 305 g/mol. The molecule has 0 unspecified atom stereocenters. The summed E-state index contributed by atoms with van der Waals surface area (Å²) < 4.78 is 5.12. The fraction of sp³-hybridized carbons (Fsp3) is 0.231. The highest BCUT2D eigenvalue weighted by Crippen LogP contribution is 2.29. The first-order valence-corrected chi connectivity index (χ1v) is 6.37. The number of nitro benzene ring substituents is 1. The van der Waals surface area contributed by atoms with Crippen molar-refractivity contribution in [1.82, 2.24) is 9.97 Å². The standard InChI is InChI=1S/C13H15N5O4/c1-22-11-7-16-12(17-13(11)15-4-5-19)8-2-3-9(14)10(6-8)18(20)21/h2-3,6-7,19H,4-5,14H2,1H3,(H,15,16,17). The average molecular weight is 305 g/mol. The van der Waals surface area contributed by atoms with Gasteiger partial charge in [0.1, 0.15) is 5.69 Å². The minimum absolute atomic E-state index is 0.0703. The van der Waals surface area contributed by atoms with Gasteiger partial charge in [-0.2, -0.15) is 0 Å². The van der Waals surface area contributed by atoms with Crippen LogP contribution in [0.15, 0.2) is 24.4 Å². The highest BCUT2D eigenvalue weighted by Gasteiger charge is 2.15. The molecule has 4 N–H and O–H groups in total. The van der Waals surface area contributed by atoms with Gasteiger partial charge in [0, 0.05) is 18.2 Å². The zero-order chi connectivity index (χ0) is 16.1. The zero-order valence-electron chi connectivity index (χ0n) is 11.8. The van der Waals surface area contributed by atoms with E-state index in [1.807, 2.05) is 0 Å². The number of aromatic nitrogens is 2. The number of nitrogen functional groups attached to an aromatic ring is 1. The molecule has 0 atom stereocenters. The number of nitrogens with two attached hydrogens (primary N) is 1. The highest BCUT2D eigenvalue weighted by atomic mass is 16.6. The summed E-state index contributed by atoms with van der Waals surface area (Å²) >= 11 is 0. The van der Waals surface area contributed by atoms with Gasteiger partial charge in [-0.25, -0.2) is 9.97 Å². The molecule has 1 aromatic heterocycles. The van der Waals surface area contributed by atoms with Crippen LogP contribution in [-0.2, 0) is 0 Å². The number of methoxy groups -OCH3 is 1. The Bertz CT molecular complexity index is 692. The van der Waals surface area contributed by atoms with Gasteiger partial charge in [-0.3, -0.25) is 10.1 Å². The lowest BCUT2D eigenvalue weighted by Crippen LogP contribution is -2.09. The van der Waals surface area contributed by atoms with Crippen LogP contribution >= 0.6 is 0 Å². The maximum atomic E-state index is 10.9. The van der Waals surface area contributed by atoms with Crippen LogP contribution < -0.4 is 15.8 Å². The molecule has 22 heavy (non-hydrogen) atoms. The third-order valence-electron chi connectivity index (χ3n) is 2.86. The number of hydrogen-bond acceptors (Lipinski definition) is 8. The lowest BCUT2D eigenvalue weighted by molar-refractivity contribution is -0.383. The number of nitrogens with zero attached hydrogens (tertiary/aromatic N) is 3. The minimum atomic E-state index is -0.562. The number of ether oxygens (including phenoxy) is 1. The van der Waals surface area contributed by atoms with E-state index in [-0.39, 0.29) is 30.4 Å². The van der Waals surface area contributed by atoms with Gasteiger partial charge in [-0.1, -0.05) is 0 Å². The summed E-state index contributed by atoms with van der Waals surface area (Å²) in [7, 11) is 1.47. The van der Waals surface area contributed by atoms with Gasteiger partial charge >= 0.3 is 0 Å². The molecule has 2 rings (SSSR count). The Labute approximate surface area is 125 Å². The van der Waals surface area contributed by atoms with Crippen molar-refractivity contribution >= 4 is 17.2 Å². The van der Waals surface area contributed by atoms with Crippen molar-refractivity contribution < 1.29 is 14.8 Å². The second kappa shape index (κ2) is 6.68. The topological polar surface area (TPSA) is 136 Å². The van der Waals surface area contributed by atoms with Crippen molar-refractivity contribution in [2.24, 2.45) is 0 Å². The maximum Gasteiger partial charge on any atom is 0.292 e. The van der Waals surface area contributed by atoms with Gasteiger partial charge < -0.3 is 20.9 Å². The van der Waals surface area contributed by atoms with Gasteiger partial charge in [-0.15, -0.1) is 0 Å². The minimum Gasteiger partial charge on any atom is -0.491 e. The number of benzene rings is 1. The molecule has 0 aliphatic carbocycles. The highest BCUT2D eigenvalue weighted by molar-refractivity contribution is 5.69. The van der Waals surface area contributed by atoms with E-state index in [0.29, 0.717) is 17.1 Å². The van der Waals surface area contributed by atoms with Crippen molar-refractivity contribution in [3.63, 3.8) is 0 Å². The van der Waals surface area contributed by atoms with Crippen LogP contribution in [0.25, 0.3) is 11.4 Å². The molecule has 0 saturated heterocycles. The van der Waals surface area contributed by atoms with Crippen LogP contribution in [0.1, 0.15) is 0 Å². The number of rotatable bonds is 6. The van der Waals surface area contributed by atoms with E-state index in [2.05, 4.69) is 15.3 Å². The predicted octanol–water partition coefficient (Wildman–Crippen LogP) is 1.05. The lowest BCUT2D eigenvalue weighted by atomic mass is 10.1. The molecule has 0 fully saturated rings. The molecule has 0 bridgehead atoms. The molecule has 0 aliphatic heterocycles. The van der Waals surface area contributed by atoms with Crippen LogP contribution in [0.5, 0.6) is 5.75 Å². The van der Waals surface area contributed by atoms with Crippen LogP contribution in [0.2, 0.25) is 0 Å². The van der Waals surface area contributed by atoms with E-state index in [4.69, 9.17) is 15.6 Å². The maximum absolute atomic E-state index is 10.9. The summed E-state index contributed by atoms with van der Waals surface area (Å²) in [5.74, 6) is 1.08. The molecule has 0 aliphatic rings. The van der Waals surface area contributed by atoms with Crippen LogP contribution in [0, 0.1) is 10.1 Å². The summed E-state index contributed by atoms with van der Waals surface area (Å²) in [5.41, 5.74) is 5.88. The Morgan fingerprint density at radius 1 is 1.50 bits per heavy atom. The van der Waals surface area contributed by atoms with Gasteiger partial charge in [0.2, 0.25) is 0 Å². The molecule has 0 saturated carbocycles. The van der Waals surface area contributed by atoms with Crippen molar-refractivity contribution in [2.45, 2.75) is 0 Å². The number of aliphatic hydroxyl groups is 1. The number of hydrogen-bond donors (Lipinski definition) is 3. The largest absolute Gasteiger partial charge is 0.491 e. The van der Waals surface area contributed by atoms with Crippen LogP contribution in [-0.4, -0.2) is 40.3 Å². The number of nitrogens with one attached hydrogen (secondary N) is 1. The summed E-state index contributed by atoms with van der Waals surface area (Å²) in [5, 5.41) is 22.7. The first-order chi connectivity index (χ1) is 10.6. The first-order valence-electron chi connectivity index (χ1n) is 6.37. The van der Waals surface area contributed by atoms with Crippen molar-refractivity contribution in [3.8, 4) is 17.1 Å². The van der Waals surface area contributed by atoms with E-state index in [1.165, 1.54) is 25.4 Å². The van der Waals surface area contributed by atoms with Gasteiger partial charge in [0.25, 0.3) is 5.69 Å². The number of anilines is 2. The predicted molar refractivity (Wildman–Crippen MR) is 80.7 cm³/mol. The molecule has 2 aromatic rings. The van der Waals surface area contributed by atoms with Crippen LogP contribution in [0.3, 0.4) is 0 Å². The van der Waals surface area contributed by atoms with Gasteiger partial charge in [-0.05, 0) is 12.1 Å². The smallest absolute Gasteiger partial charge is 0.292 e. The molecular formula is C13H15N5O4. The second-order valence-electron chi connectivity index (χ2n) is 4.29. The Morgan fingerprint density at radius 2 is 2.27 bits per heavy atom. The number of nitro groups is 1. The van der Waals surface area contributed by atoms with Crippen LogP contribution in [0.4, 0.5) is 17.2 Å². The molecule has 9 heteroatoms. The molecular weight excluding hydrogens is 290 g/mol. The third-order valence-corrected chi connectivity index (χ3v) is 2.86. The fourth-order valence-corrected chi connectivity index (χ4v) is 1.80. The second-order valence-corrected chi connectivity index (χ2v) is 4.29. The van der Waals surface area contributed by atoms with E-state index in [1.54, 1.807) is 6.07 Å². The van der Waals surface area contributed by atoms with E-state index >= 15 is 0 Å². The normalized spacial score (nSPS) is 10.3. The number of aliphatic hydroxyl groups excluding tert-OH is 1. The molecule has 1 aromatic carbocycles. The first kappa shape index (κ1) is 15.4. The molecule has 9 nitrogen and oxygen atoms in total. The quantitative estimate of drug-likeness (QED) is 0.409. The van der Waals surface area contributed by atoms with E-state index < -0.39 is 4.92 Å². The molecule has 116 valence electrons. The van der Waals surface area contributed by atoms with Crippen molar-refractivity contribution in [1.29, 1.82) is 0 Å². The summed E-state index contributed by atoms with van der Waals surface area (Å²) in [4.78, 5) is 18.8.